The van der Waals surface area contributed by atoms with E-state index in [9.17, 15) is 17.6 Å². The second-order valence-corrected chi connectivity index (χ2v) is 6.49. The van der Waals surface area contributed by atoms with E-state index in [2.05, 4.69) is 4.72 Å². The zero-order valence-electron chi connectivity index (χ0n) is 12.2. The lowest BCUT2D eigenvalue weighted by Crippen LogP contribution is -2.42. The summed E-state index contributed by atoms with van der Waals surface area (Å²) in [5, 5.41) is 0. The first-order valence-corrected chi connectivity index (χ1v) is 8.11. The maximum atomic E-state index is 12.8. The van der Waals surface area contributed by atoms with Gasteiger partial charge in [0.2, 0.25) is 15.9 Å². The van der Waals surface area contributed by atoms with Gasteiger partial charge in [-0.2, -0.15) is 4.72 Å². The van der Waals surface area contributed by atoms with Crippen molar-refractivity contribution in [2.45, 2.75) is 17.9 Å². The summed E-state index contributed by atoms with van der Waals surface area (Å²) in [5.41, 5.74) is 5.03. The van der Waals surface area contributed by atoms with Crippen LogP contribution in [0.2, 0.25) is 0 Å². The molecule has 0 aliphatic heterocycles. The molecule has 3 N–H and O–H groups in total. The largest absolute Gasteiger partial charge is 0.457 e. The van der Waals surface area contributed by atoms with Crippen LogP contribution in [-0.4, -0.2) is 20.4 Å². The Morgan fingerprint density at radius 2 is 1.57 bits per heavy atom. The van der Waals surface area contributed by atoms with Gasteiger partial charge in [0.15, 0.2) is 0 Å². The van der Waals surface area contributed by atoms with E-state index >= 15 is 0 Å². The average Bonchev–Trinajstić information content (AvgIpc) is 2.49. The van der Waals surface area contributed by atoms with E-state index in [0.717, 1.165) is 0 Å². The Labute approximate surface area is 133 Å². The molecule has 6 nitrogen and oxygen atoms in total. The van der Waals surface area contributed by atoms with E-state index in [0.29, 0.717) is 11.5 Å². The topological polar surface area (TPSA) is 98.5 Å². The Bertz CT molecular complexity index is 789. The minimum absolute atomic E-state index is 0.0305. The maximum absolute atomic E-state index is 12.8. The van der Waals surface area contributed by atoms with Crippen LogP contribution in [0.1, 0.15) is 6.92 Å². The number of hydrogen-bond acceptors (Lipinski definition) is 4. The van der Waals surface area contributed by atoms with Crippen LogP contribution in [0.25, 0.3) is 0 Å². The smallest absolute Gasteiger partial charge is 0.241 e. The fraction of sp³-hybridized carbons (Fsp3) is 0.133. The fourth-order valence-corrected chi connectivity index (χ4v) is 2.90. The second-order valence-electron chi connectivity index (χ2n) is 4.77. The molecule has 1 atom stereocenters. The summed E-state index contributed by atoms with van der Waals surface area (Å²) in [6.45, 7) is 1.35. The van der Waals surface area contributed by atoms with Crippen molar-refractivity contribution in [1.82, 2.24) is 4.72 Å². The molecule has 0 unspecified atom stereocenters. The minimum atomic E-state index is -3.86. The summed E-state index contributed by atoms with van der Waals surface area (Å²) in [7, 11) is -3.86. The van der Waals surface area contributed by atoms with Crippen LogP contribution in [0.15, 0.2) is 53.4 Å². The SMILES string of the molecule is C[C@H](NS(=O)(=O)c1ccc(Oc2ccc(F)cc2)cc1)C(N)=O. The van der Waals surface area contributed by atoms with Crippen molar-refractivity contribution in [3.63, 3.8) is 0 Å². The molecule has 0 aromatic heterocycles. The predicted octanol–water partition coefficient (Wildman–Crippen LogP) is 1.77. The summed E-state index contributed by atoms with van der Waals surface area (Å²) in [4.78, 5) is 10.9. The van der Waals surface area contributed by atoms with Gasteiger partial charge in [0.1, 0.15) is 17.3 Å². The monoisotopic (exact) mass is 338 g/mol. The quantitative estimate of drug-likeness (QED) is 0.838. The first-order valence-electron chi connectivity index (χ1n) is 6.63. The lowest BCUT2D eigenvalue weighted by Gasteiger charge is -2.11. The average molecular weight is 338 g/mol. The lowest BCUT2D eigenvalue weighted by atomic mass is 10.3. The van der Waals surface area contributed by atoms with E-state index in [4.69, 9.17) is 10.5 Å². The van der Waals surface area contributed by atoms with Gasteiger partial charge < -0.3 is 10.5 Å². The number of carbonyl (C=O) groups is 1. The fourth-order valence-electron chi connectivity index (χ4n) is 1.68. The summed E-state index contributed by atoms with van der Waals surface area (Å²) >= 11 is 0. The zero-order chi connectivity index (χ0) is 17.0. The van der Waals surface area contributed by atoms with E-state index in [1.807, 2.05) is 0 Å². The molecular formula is C15H15FN2O4S. The molecule has 0 aliphatic rings. The zero-order valence-corrected chi connectivity index (χ0v) is 13.0. The molecule has 0 bridgehead atoms. The number of halogens is 1. The van der Waals surface area contributed by atoms with Gasteiger partial charge in [0.05, 0.1) is 10.9 Å². The Hall–Kier alpha value is -2.45. The van der Waals surface area contributed by atoms with Crippen LogP contribution < -0.4 is 15.2 Å². The van der Waals surface area contributed by atoms with E-state index in [1.54, 1.807) is 0 Å². The number of ether oxygens (including phenoxy) is 1. The van der Waals surface area contributed by atoms with E-state index < -0.39 is 22.0 Å². The van der Waals surface area contributed by atoms with Crippen LogP contribution in [0.5, 0.6) is 11.5 Å². The van der Waals surface area contributed by atoms with Crippen LogP contribution in [0, 0.1) is 5.82 Å². The van der Waals surface area contributed by atoms with Crippen LogP contribution in [0.4, 0.5) is 4.39 Å². The van der Waals surface area contributed by atoms with Crippen LogP contribution >= 0.6 is 0 Å². The summed E-state index contributed by atoms with van der Waals surface area (Å²) < 4.78 is 44.5. The van der Waals surface area contributed by atoms with Crippen molar-refractivity contribution < 1.29 is 22.3 Å². The third-order valence-electron chi connectivity index (χ3n) is 2.94. The number of rotatable bonds is 6. The standard InChI is InChI=1S/C15H15FN2O4S/c1-10(15(17)19)18-23(20,21)14-8-6-13(7-9-14)22-12-4-2-11(16)3-5-12/h2-10,18H,1H3,(H2,17,19)/t10-/m0/s1. The Balaban J connectivity index is 2.12. The van der Waals surface area contributed by atoms with Crippen molar-refractivity contribution in [2.75, 3.05) is 0 Å². The first kappa shape index (κ1) is 16.9. The Morgan fingerprint density at radius 3 is 2.04 bits per heavy atom. The molecule has 0 saturated heterocycles. The van der Waals surface area contributed by atoms with Gasteiger partial charge in [-0.3, -0.25) is 4.79 Å². The summed E-state index contributed by atoms with van der Waals surface area (Å²) in [5.74, 6) is -0.348. The third kappa shape index (κ3) is 4.51. The van der Waals surface area contributed by atoms with Gasteiger partial charge in [0, 0.05) is 0 Å². The summed E-state index contributed by atoms with van der Waals surface area (Å²) in [6, 6.07) is 9.96. The van der Waals surface area contributed by atoms with Gasteiger partial charge in [0.25, 0.3) is 0 Å². The van der Waals surface area contributed by atoms with E-state index in [1.165, 1.54) is 55.5 Å². The highest BCUT2D eigenvalue weighted by atomic mass is 32.2. The normalized spacial score (nSPS) is 12.6. The van der Waals surface area contributed by atoms with Crippen molar-refractivity contribution in [3.8, 4) is 11.5 Å². The molecule has 122 valence electrons. The molecule has 0 radical (unpaired) electrons. The molecule has 0 heterocycles. The highest BCUT2D eigenvalue weighted by Gasteiger charge is 2.20. The Kier molecular flexibility index (Phi) is 4.97. The number of nitrogens with one attached hydrogen (secondary N) is 1. The Morgan fingerprint density at radius 1 is 1.09 bits per heavy atom. The molecule has 0 aliphatic carbocycles. The third-order valence-corrected chi connectivity index (χ3v) is 4.50. The lowest BCUT2D eigenvalue weighted by molar-refractivity contribution is -0.119. The van der Waals surface area contributed by atoms with Crippen molar-refractivity contribution >= 4 is 15.9 Å². The minimum Gasteiger partial charge on any atom is -0.457 e. The number of primary amides is 1. The number of benzene rings is 2. The molecule has 0 fully saturated rings. The van der Waals surface area contributed by atoms with E-state index in [-0.39, 0.29) is 10.7 Å². The molecule has 0 spiro atoms. The number of sulfonamides is 1. The number of amides is 1. The second kappa shape index (κ2) is 6.76. The van der Waals surface area contributed by atoms with Gasteiger partial charge in [-0.05, 0) is 55.5 Å². The summed E-state index contributed by atoms with van der Waals surface area (Å²) in [6.07, 6.45) is 0. The molecule has 2 rings (SSSR count). The van der Waals surface area contributed by atoms with Crippen molar-refractivity contribution in [3.05, 3.63) is 54.3 Å². The molecule has 1 amide bonds. The molecular weight excluding hydrogens is 323 g/mol. The predicted molar refractivity (Wildman–Crippen MR) is 81.9 cm³/mol. The van der Waals surface area contributed by atoms with Crippen LogP contribution in [-0.2, 0) is 14.8 Å². The number of nitrogens with two attached hydrogens (primary N) is 1. The molecule has 8 heteroatoms. The highest BCUT2D eigenvalue weighted by molar-refractivity contribution is 7.89. The first-order chi connectivity index (χ1) is 10.8. The van der Waals surface area contributed by atoms with Gasteiger partial charge >= 0.3 is 0 Å². The number of carbonyl (C=O) groups excluding carboxylic acids is 1. The van der Waals surface area contributed by atoms with Gasteiger partial charge in [-0.15, -0.1) is 0 Å². The molecule has 2 aromatic rings. The maximum Gasteiger partial charge on any atom is 0.241 e. The van der Waals surface area contributed by atoms with Crippen LogP contribution in [0.3, 0.4) is 0 Å². The molecule has 23 heavy (non-hydrogen) atoms. The van der Waals surface area contributed by atoms with Gasteiger partial charge in [-0.25, -0.2) is 12.8 Å². The highest BCUT2D eigenvalue weighted by Crippen LogP contribution is 2.23. The van der Waals surface area contributed by atoms with Crippen molar-refractivity contribution in [1.29, 1.82) is 0 Å². The molecule has 2 aromatic carbocycles. The van der Waals surface area contributed by atoms with Gasteiger partial charge in [-0.1, -0.05) is 0 Å². The molecule has 0 saturated carbocycles. The van der Waals surface area contributed by atoms with Crippen molar-refractivity contribution in [2.24, 2.45) is 5.73 Å². The number of hydrogen-bond donors (Lipinski definition) is 2.